The van der Waals surface area contributed by atoms with Gasteiger partial charge in [-0.15, -0.1) is 0 Å². The maximum Gasteiger partial charge on any atom is 0.150 e. The van der Waals surface area contributed by atoms with Gasteiger partial charge in [-0.2, -0.15) is 0 Å². The van der Waals surface area contributed by atoms with Crippen molar-refractivity contribution in [1.29, 1.82) is 0 Å². The minimum Gasteiger partial charge on any atom is -0.496 e. The van der Waals surface area contributed by atoms with Crippen LogP contribution in [0.1, 0.15) is 30.8 Å². The van der Waals surface area contributed by atoms with E-state index in [-0.39, 0.29) is 6.04 Å². The third-order valence-corrected chi connectivity index (χ3v) is 7.21. The highest BCUT2D eigenvalue weighted by Gasteiger charge is 2.22. The zero-order chi connectivity index (χ0) is 24.8. The number of nitrogen functional groups attached to an aromatic ring is 1. The fourth-order valence-corrected chi connectivity index (χ4v) is 5.42. The molecule has 2 aromatic heterocycles. The van der Waals surface area contributed by atoms with E-state index in [9.17, 15) is 0 Å². The summed E-state index contributed by atoms with van der Waals surface area (Å²) in [7, 11) is 1.71. The van der Waals surface area contributed by atoms with Crippen LogP contribution in [0, 0.1) is 6.92 Å². The number of aromatic nitrogens is 3. The van der Waals surface area contributed by atoms with Crippen LogP contribution in [0.3, 0.4) is 0 Å². The summed E-state index contributed by atoms with van der Waals surface area (Å²) in [5.41, 5.74) is 19.8. The van der Waals surface area contributed by atoms with Gasteiger partial charge in [-0.3, -0.25) is 4.40 Å². The predicted octanol–water partition coefficient (Wildman–Crippen LogP) is 6.01. The van der Waals surface area contributed by atoms with Crippen LogP contribution in [0.2, 0.25) is 0 Å². The highest BCUT2D eigenvalue weighted by molar-refractivity contribution is 6.07. The molecule has 0 amide bonds. The topological polar surface area (TPSA) is 91.5 Å². The highest BCUT2D eigenvalue weighted by atomic mass is 16.5. The minimum atomic E-state index is 0.221. The number of imidazole rings is 1. The fourth-order valence-electron chi connectivity index (χ4n) is 5.42. The molecule has 6 rings (SSSR count). The summed E-state index contributed by atoms with van der Waals surface area (Å²) in [5, 5.41) is 2.23. The number of hydrogen-bond donors (Lipinski definition) is 2. The zero-order valence-electron chi connectivity index (χ0n) is 20.5. The molecule has 0 radical (unpaired) electrons. The number of rotatable bonds is 4. The number of benzene rings is 3. The summed E-state index contributed by atoms with van der Waals surface area (Å²) in [6, 6.07) is 21.0. The number of ether oxygens (including phenoxy) is 1. The van der Waals surface area contributed by atoms with Crippen molar-refractivity contribution in [3.8, 4) is 28.1 Å². The van der Waals surface area contributed by atoms with E-state index in [2.05, 4.69) is 57.9 Å². The van der Waals surface area contributed by atoms with Crippen molar-refractivity contribution in [1.82, 2.24) is 14.4 Å². The molecule has 0 saturated heterocycles. The molecule has 3 aromatic carbocycles. The Hall–Kier alpha value is -4.16. The summed E-state index contributed by atoms with van der Waals surface area (Å²) < 4.78 is 7.82. The quantitative estimate of drug-likeness (QED) is 0.332. The van der Waals surface area contributed by atoms with Crippen LogP contribution in [0.25, 0.3) is 44.2 Å². The molecular formula is C30H29N5O. The standard InChI is InChI=1S/C30H29N5O/c1-18-34-28(29-30(32)33-17-26(35(18)29)19-11-13-20(31)14-12-19)25-16-15-23(21-7-3-4-8-22(21)25)24-9-5-6-10-27(24)36-2/h3-11,15-17,20H,12-14,31H2,1-2H3,(H2,32,33). The number of para-hydroxylation sites is 1. The SMILES string of the molecule is COc1ccccc1-c1ccc(-c2nc(C)n3c(C4=CCC(N)CC4)cnc(N)c23)c2ccccc12. The van der Waals surface area contributed by atoms with Gasteiger partial charge < -0.3 is 16.2 Å². The van der Waals surface area contributed by atoms with Crippen LogP contribution in [0.15, 0.2) is 72.9 Å². The van der Waals surface area contributed by atoms with Crippen LogP contribution < -0.4 is 16.2 Å². The predicted molar refractivity (Wildman–Crippen MR) is 147 cm³/mol. The fraction of sp³-hybridized carbons (Fsp3) is 0.200. The molecule has 4 N–H and O–H groups in total. The lowest BCUT2D eigenvalue weighted by Gasteiger charge is -2.20. The highest BCUT2D eigenvalue weighted by Crippen LogP contribution is 2.41. The Labute approximate surface area is 210 Å². The van der Waals surface area contributed by atoms with Crippen LogP contribution in [-0.2, 0) is 0 Å². The monoisotopic (exact) mass is 475 g/mol. The summed E-state index contributed by atoms with van der Waals surface area (Å²) in [4.78, 5) is 9.64. The van der Waals surface area contributed by atoms with Gasteiger partial charge in [0.1, 0.15) is 28.6 Å². The smallest absolute Gasteiger partial charge is 0.150 e. The average molecular weight is 476 g/mol. The van der Waals surface area contributed by atoms with Gasteiger partial charge in [-0.25, -0.2) is 9.97 Å². The second kappa shape index (κ2) is 8.81. The second-order valence-corrected chi connectivity index (χ2v) is 9.39. The van der Waals surface area contributed by atoms with E-state index in [4.69, 9.17) is 21.2 Å². The van der Waals surface area contributed by atoms with Crippen molar-refractivity contribution in [2.75, 3.05) is 12.8 Å². The number of anilines is 1. The summed E-state index contributed by atoms with van der Waals surface area (Å²) in [5.74, 6) is 2.20. The van der Waals surface area contributed by atoms with Crippen LogP contribution in [-0.4, -0.2) is 27.5 Å². The largest absolute Gasteiger partial charge is 0.496 e. The molecule has 6 heteroatoms. The molecule has 5 aromatic rings. The lowest BCUT2D eigenvalue weighted by atomic mass is 9.93. The van der Waals surface area contributed by atoms with Gasteiger partial charge in [0.2, 0.25) is 0 Å². The van der Waals surface area contributed by atoms with Crippen LogP contribution >= 0.6 is 0 Å². The first kappa shape index (κ1) is 22.3. The van der Waals surface area contributed by atoms with Gasteiger partial charge in [-0.05, 0) is 54.2 Å². The molecular weight excluding hydrogens is 446 g/mol. The van der Waals surface area contributed by atoms with E-state index in [1.165, 1.54) is 5.57 Å². The van der Waals surface area contributed by atoms with Gasteiger partial charge in [0.15, 0.2) is 0 Å². The molecule has 0 spiro atoms. The van der Waals surface area contributed by atoms with Crippen molar-refractivity contribution < 1.29 is 4.74 Å². The lowest BCUT2D eigenvalue weighted by molar-refractivity contribution is 0.416. The van der Waals surface area contributed by atoms with E-state index < -0.39 is 0 Å². The molecule has 1 aliphatic carbocycles. The van der Waals surface area contributed by atoms with Crippen LogP contribution in [0.5, 0.6) is 5.75 Å². The van der Waals surface area contributed by atoms with E-state index in [1.807, 2.05) is 31.3 Å². The van der Waals surface area contributed by atoms with Crippen molar-refractivity contribution in [2.45, 2.75) is 32.2 Å². The first-order chi connectivity index (χ1) is 17.6. The first-order valence-corrected chi connectivity index (χ1v) is 12.3. The molecule has 6 nitrogen and oxygen atoms in total. The van der Waals surface area contributed by atoms with E-state index in [1.54, 1.807) is 7.11 Å². The molecule has 1 aliphatic rings. The summed E-state index contributed by atoms with van der Waals surface area (Å²) in [6.07, 6.45) is 6.86. The van der Waals surface area contributed by atoms with Gasteiger partial charge in [0, 0.05) is 17.2 Å². The Morgan fingerprint density at radius 1 is 0.944 bits per heavy atom. The normalized spacial score (nSPS) is 15.9. The molecule has 1 unspecified atom stereocenters. The minimum absolute atomic E-state index is 0.221. The Balaban J connectivity index is 1.60. The molecule has 0 bridgehead atoms. The Bertz CT molecular complexity index is 1650. The van der Waals surface area contributed by atoms with E-state index in [0.29, 0.717) is 5.82 Å². The van der Waals surface area contributed by atoms with Crippen molar-refractivity contribution in [3.63, 3.8) is 0 Å². The van der Waals surface area contributed by atoms with Gasteiger partial charge in [-0.1, -0.05) is 60.7 Å². The Morgan fingerprint density at radius 3 is 2.42 bits per heavy atom. The van der Waals surface area contributed by atoms with E-state index in [0.717, 1.165) is 75.2 Å². The van der Waals surface area contributed by atoms with Gasteiger partial charge >= 0.3 is 0 Å². The van der Waals surface area contributed by atoms with Crippen molar-refractivity contribution in [3.05, 3.63) is 84.5 Å². The lowest BCUT2D eigenvalue weighted by Crippen LogP contribution is -2.21. The molecule has 2 heterocycles. The first-order valence-electron chi connectivity index (χ1n) is 12.3. The number of fused-ring (bicyclic) bond motifs is 2. The Morgan fingerprint density at radius 2 is 1.67 bits per heavy atom. The third kappa shape index (κ3) is 3.53. The molecule has 36 heavy (non-hydrogen) atoms. The molecule has 0 saturated carbocycles. The van der Waals surface area contributed by atoms with E-state index >= 15 is 0 Å². The van der Waals surface area contributed by atoms with Crippen molar-refractivity contribution in [2.24, 2.45) is 5.73 Å². The van der Waals surface area contributed by atoms with Crippen LogP contribution in [0.4, 0.5) is 5.82 Å². The maximum atomic E-state index is 6.50. The average Bonchev–Trinajstić information content (AvgIpc) is 3.26. The Kier molecular flexibility index (Phi) is 5.46. The van der Waals surface area contributed by atoms with Gasteiger partial charge in [0.05, 0.1) is 19.0 Å². The second-order valence-electron chi connectivity index (χ2n) is 9.39. The number of nitrogens with two attached hydrogens (primary N) is 2. The third-order valence-electron chi connectivity index (χ3n) is 7.21. The number of methoxy groups -OCH3 is 1. The zero-order valence-corrected chi connectivity index (χ0v) is 20.5. The molecule has 180 valence electrons. The molecule has 0 fully saturated rings. The maximum absolute atomic E-state index is 6.50. The number of aryl methyl sites for hydroxylation is 1. The summed E-state index contributed by atoms with van der Waals surface area (Å²) in [6.45, 7) is 2.03. The number of hydrogen-bond acceptors (Lipinski definition) is 5. The number of allylic oxidation sites excluding steroid dienone is 1. The van der Waals surface area contributed by atoms with Gasteiger partial charge in [0.25, 0.3) is 0 Å². The summed E-state index contributed by atoms with van der Waals surface area (Å²) >= 11 is 0. The molecule has 0 aliphatic heterocycles. The number of nitrogens with zero attached hydrogens (tertiary/aromatic N) is 3. The molecule has 1 atom stereocenters. The van der Waals surface area contributed by atoms with Crippen molar-refractivity contribution >= 4 is 27.7 Å².